The molecule has 1 aromatic heterocycles. The first-order chi connectivity index (χ1) is 8.38. The molecule has 0 saturated heterocycles. The number of nitrogens with zero attached hydrogens (tertiary/aromatic N) is 2. The third-order valence-electron chi connectivity index (χ3n) is 2.18. The van der Waals surface area contributed by atoms with Crippen LogP contribution in [0.5, 0.6) is 0 Å². The van der Waals surface area contributed by atoms with Gasteiger partial charge in [-0.1, -0.05) is 11.2 Å². The summed E-state index contributed by atoms with van der Waals surface area (Å²) in [5.41, 5.74) is -0.701. The molecule has 0 unspecified atom stereocenters. The fourth-order valence-corrected chi connectivity index (χ4v) is 1.31. The van der Waals surface area contributed by atoms with Crippen LogP contribution in [0.25, 0.3) is 11.5 Å². The van der Waals surface area contributed by atoms with Crippen molar-refractivity contribution in [2.45, 2.75) is 13.1 Å². The smallest absolute Gasteiger partial charge is 0.334 e. The Bertz CT molecular complexity index is 590. The van der Waals surface area contributed by atoms with Gasteiger partial charge >= 0.3 is 6.18 Å². The molecule has 94 valence electrons. The zero-order valence-electron chi connectivity index (χ0n) is 9.15. The van der Waals surface area contributed by atoms with Crippen molar-refractivity contribution >= 4 is 5.78 Å². The van der Waals surface area contributed by atoms with Crippen LogP contribution in [0.2, 0.25) is 0 Å². The number of carbonyl (C=O) groups is 1. The molecule has 0 saturated carbocycles. The van der Waals surface area contributed by atoms with Crippen LogP contribution in [0.15, 0.2) is 28.8 Å². The zero-order valence-corrected chi connectivity index (χ0v) is 9.15. The minimum atomic E-state index is -4.45. The van der Waals surface area contributed by atoms with Crippen molar-refractivity contribution in [2.75, 3.05) is 0 Å². The summed E-state index contributed by atoms with van der Waals surface area (Å²) in [6.45, 7) is 1.24. The van der Waals surface area contributed by atoms with Crippen molar-refractivity contribution in [3.05, 3.63) is 35.7 Å². The summed E-state index contributed by atoms with van der Waals surface area (Å²) in [7, 11) is 0. The molecule has 2 aromatic rings. The molecule has 0 aliphatic carbocycles. The maximum absolute atomic E-state index is 12.5. The summed E-state index contributed by atoms with van der Waals surface area (Å²) in [5.74, 6) is -0.703. The fourth-order valence-electron chi connectivity index (χ4n) is 1.31. The molecule has 1 aromatic carbocycles. The highest BCUT2D eigenvalue weighted by atomic mass is 19.4. The molecule has 0 aliphatic heterocycles. The Morgan fingerprint density at radius 3 is 2.61 bits per heavy atom. The van der Waals surface area contributed by atoms with Crippen molar-refractivity contribution in [2.24, 2.45) is 0 Å². The Kier molecular flexibility index (Phi) is 2.90. The van der Waals surface area contributed by atoms with Crippen LogP contribution in [0, 0.1) is 0 Å². The molecular formula is C11H7F3N2O2. The van der Waals surface area contributed by atoms with Gasteiger partial charge in [-0.25, -0.2) is 0 Å². The largest absolute Gasteiger partial charge is 0.416 e. The van der Waals surface area contributed by atoms with E-state index in [1.54, 1.807) is 0 Å². The minimum absolute atomic E-state index is 0.116. The first-order valence-corrected chi connectivity index (χ1v) is 4.90. The number of alkyl halides is 3. The molecule has 4 nitrogen and oxygen atoms in total. The van der Waals surface area contributed by atoms with Gasteiger partial charge in [-0.3, -0.25) is 4.79 Å². The number of benzene rings is 1. The first kappa shape index (κ1) is 12.3. The third kappa shape index (κ3) is 2.39. The van der Waals surface area contributed by atoms with Gasteiger partial charge in [0.1, 0.15) is 0 Å². The maximum Gasteiger partial charge on any atom is 0.416 e. The molecule has 7 heteroatoms. The average Bonchev–Trinajstić information content (AvgIpc) is 2.77. The molecule has 0 fully saturated rings. The van der Waals surface area contributed by atoms with Gasteiger partial charge in [0.05, 0.1) is 5.56 Å². The lowest BCUT2D eigenvalue weighted by molar-refractivity contribution is -0.137. The van der Waals surface area contributed by atoms with Gasteiger partial charge in [-0.05, 0) is 18.2 Å². The Hall–Kier alpha value is -2.18. The second-order valence-corrected chi connectivity index (χ2v) is 3.56. The van der Waals surface area contributed by atoms with E-state index in [-0.39, 0.29) is 17.3 Å². The molecule has 0 aliphatic rings. The number of rotatable bonds is 2. The third-order valence-corrected chi connectivity index (χ3v) is 2.18. The van der Waals surface area contributed by atoms with E-state index in [0.29, 0.717) is 0 Å². The molecule has 1 heterocycles. The Labute approximate surface area is 99.4 Å². The van der Waals surface area contributed by atoms with Gasteiger partial charge < -0.3 is 4.52 Å². The van der Waals surface area contributed by atoms with Gasteiger partial charge in [-0.15, -0.1) is 0 Å². The van der Waals surface area contributed by atoms with Gasteiger partial charge in [0.2, 0.25) is 11.6 Å². The standard InChI is InChI=1S/C11H7F3N2O2/c1-6(17)9-15-10(18-16-9)7-3-2-4-8(5-7)11(12,13)14/h2-5H,1H3. The number of aromatic nitrogens is 2. The van der Waals surface area contributed by atoms with Crippen molar-refractivity contribution in [1.29, 1.82) is 0 Å². The maximum atomic E-state index is 12.5. The number of halogens is 3. The van der Waals surface area contributed by atoms with Crippen LogP contribution < -0.4 is 0 Å². The van der Waals surface area contributed by atoms with E-state index in [2.05, 4.69) is 10.1 Å². The van der Waals surface area contributed by atoms with Crippen LogP contribution in [0.4, 0.5) is 13.2 Å². The SMILES string of the molecule is CC(=O)c1noc(-c2cccc(C(F)(F)F)c2)n1. The predicted octanol–water partition coefficient (Wildman–Crippen LogP) is 2.96. The summed E-state index contributed by atoms with van der Waals surface area (Å²) < 4.78 is 42.2. The monoisotopic (exact) mass is 256 g/mol. The average molecular weight is 256 g/mol. The van der Waals surface area contributed by atoms with E-state index in [0.717, 1.165) is 12.1 Å². The van der Waals surface area contributed by atoms with E-state index in [1.807, 2.05) is 0 Å². The summed E-state index contributed by atoms with van der Waals surface area (Å²) in [6.07, 6.45) is -4.45. The molecule has 0 N–H and O–H groups in total. The molecule has 18 heavy (non-hydrogen) atoms. The van der Waals surface area contributed by atoms with Gasteiger partial charge in [-0.2, -0.15) is 18.2 Å². The second-order valence-electron chi connectivity index (χ2n) is 3.56. The topological polar surface area (TPSA) is 56.0 Å². The molecule has 0 bridgehead atoms. The van der Waals surface area contributed by atoms with E-state index < -0.39 is 17.5 Å². The van der Waals surface area contributed by atoms with Crippen LogP contribution >= 0.6 is 0 Å². The highest BCUT2D eigenvalue weighted by molar-refractivity contribution is 5.90. The Balaban J connectivity index is 2.41. The second kappa shape index (κ2) is 4.25. The molecule has 2 rings (SSSR count). The van der Waals surface area contributed by atoms with Crippen molar-refractivity contribution in [3.8, 4) is 11.5 Å². The van der Waals surface area contributed by atoms with Crippen LogP contribution in [-0.4, -0.2) is 15.9 Å². The normalized spacial score (nSPS) is 11.6. The van der Waals surface area contributed by atoms with Gasteiger partial charge in [0, 0.05) is 12.5 Å². The van der Waals surface area contributed by atoms with Crippen molar-refractivity contribution in [1.82, 2.24) is 10.1 Å². The van der Waals surface area contributed by atoms with Gasteiger partial charge in [0.15, 0.2) is 0 Å². The summed E-state index contributed by atoms with van der Waals surface area (Å²) in [6, 6.07) is 4.45. The molecular weight excluding hydrogens is 249 g/mol. The van der Waals surface area contributed by atoms with E-state index in [9.17, 15) is 18.0 Å². The zero-order chi connectivity index (χ0) is 13.3. The highest BCUT2D eigenvalue weighted by Crippen LogP contribution is 2.31. The van der Waals surface area contributed by atoms with E-state index >= 15 is 0 Å². The quantitative estimate of drug-likeness (QED) is 0.775. The van der Waals surface area contributed by atoms with E-state index in [1.165, 1.54) is 19.1 Å². The molecule has 0 atom stereocenters. The Morgan fingerprint density at radius 1 is 1.33 bits per heavy atom. The lowest BCUT2D eigenvalue weighted by atomic mass is 10.1. The summed E-state index contributed by atoms with van der Waals surface area (Å²) in [5, 5.41) is 3.37. The summed E-state index contributed by atoms with van der Waals surface area (Å²) >= 11 is 0. The molecule has 0 amide bonds. The molecule has 0 radical (unpaired) electrons. The minimum Gasteiger partial charge on any atom is -0.334 e. The fraction of sp³-hybridized carbons (Fsp3) is 0.182. The number of hydrogen-bond donors (Lipinski definition) is 0. The molecule has 0 spiro atoms. The highest BCUT2D eigenvalue weighted by Gasteiger charge is 2.30. The summed E-state index contributed by atoms with van der Waals surface area (Å²) in [4.78, 5) is 14.7. The Morgan fingerprint density at radius 2 is 2.06 bits per heavy atom. The van der Waals surface area contributed by atoms with Crippen LogP contribution in [0.1, 0.15) is 23.1 Å². The number of hydrogen-bond acceptors (Lipinski definition) is 4. The lowest BCUT2D eigenvalue weighted by Crippen LogP contribution is -2.04. The van der Waals surface area contributed by atoms with Crippen molar-refractivity contribution in [3.63, 3.8) is 0 Å². The number of Topliss-reactive ketones (excluding diaryl/α,β-unsaturated/α-hetero) is 1. The van der Waals surface area contributed by atoms with Crippen LogP contribution in [-0.2, 0) is 6.18 Å². The lowest BCUT2D eigenvalue weighted by Gasteiger charge is -2.06. The van der Waals surface area contributed by atoms with Crippen LogP contribution in [0.3, 0.4) is 0 Å². The van der Waals surface area contributed by atoms with E-state index in [4.69, 9.17) is 4.52 Å². The number of carbonyl (C=O) groups excluding carboxylic acids is 1. The number of ketones is 1. The predicted molar refractivity (Wildman–Crippen MR) is 54.7 cm³/mol. The van der Waals surface area contributed by atoms with Gasteiger partial charge in [0.25, 0.3) is 5.89 Å². The van der Waals surface area contributed by atoms with Crippen molar-refractivity contribution < 1.29 is 22.5 Å². The first-order valence-electron chi connectivity index (χ1n) is 4.90.